The molecule has 1 aromatic rings. The number of carbonyl (C=O) groups is 1. The van der Waals surface area contributed by atoms with Gasteiger partial charge in [-0.3, -0.25) is 0 Å². The Morgan fingerprint density at radius 2 is 2.14 bits per heavy atom. The summed E-state index contributed by atoms with van der Waals surface area (Å²) in [6.07, 6.45) is 4.58. The third kappa shape index (κ3) is 3.28. The first-order valence-corrected chi connectivity index (χ1v) is 7.60. The van der Waals surface area contributed by atoms with Crippen LogP contribution in [0, 0.1) is 11.7 Å². The van der Waals surface area contributed by atoms with Gasteiger partial charge in [-0.05, 0) is 56.2 Å². The zero-order valence-corrected chi connectivity index (χ0v) is 12.2. The highest BCUT2D eigenvalue weighted by Crippen LogP contribution is 2.39. The predicted octanol–water partition coefficient (Wildman–Crippen LogP) is 3.00. The molecule has 2 aliphatic carbocycles. The van der Waals surface area contributed by atoms with E-state index in [9.17, 15) is 9.18 Å². The summed E-state index contributed by atoms with van der Waals surface area (Å²) >= 11 is 0. The van der Waals surface area contributed by atoms with Gasteiger partial charge in [0.2, 0.25) is 0 Å². The Kier molecular flexibility index (Phi) is 3.74. The van der Waals surface area contributed by atoms with Crippen LogP contribution in [-0.2, 0) is 6.54 Å². The van der Waals surface area contributed by atoms with Crippen molar-refractivity contribution < 1.29 is 14.3 Å². The van der Waals surface area contributed by atoms with Crippen LogP contribution in [0.15, 0.2) is 18.2 Å². The molecule has 0 spiro atoms. The highest BCUT2D eigenvalue weighted by molar-refractivity contribution is 5.75. The maximum Gasteiger partial charge on any atom is 0.318 e. The van der Waals surface area contributed by atoms with E-state index in [2.05, 4.69) is 12.2 Å². The van der Waals surface area contributed by atoms with Crippen molar-refractivity contribution in [3.8, 4) is 5.75 Å². The van der Waals surface area contributed by atoms with E-state index >= 15 is 0 Å². The third-order valence-corrected chi connectivity index (χ3v) is 4.37. The van der Waals surface area contributed by atoms with Crippen molar-refractivity contribution in [3.63, 3.8) is 0 Å². The van der Waals surface area contributed by atoms with Crippen LogP contribution < -0.4 is 5.32 Å². The molecule has 21 heavy (non-hydrogen) atoms. The lowest BCUT2D eigenvalue weighted by Crippen LogP contribution is -2.47. The van der Waals surface area contributed by atoms with E-state index in [1.54, 1.807) is 6.07 Å². The minimum atomic E-state index is -0.660. The minimum Gasteiger partial charge on any atom is -0.505 e. The summed E-state index contributed by atoms with van der Waals surface area (Å²) in [6, 6.07) is 4.77. The summed E-state index contributed by atoms with van der Waals surface area (Å²) in [5.74, 6) is -0.387. The van der Waals surface area contributed by atoms with Crippen LogP contribution in [0.2, 0.25) is 0 Å². The largest absolute Gasteiger partial charge is 0.505 e. The van der Waals surface area contributed by atoms with Gasteiger partial charge in [0.1, 0.15) is 0 Å². The van der Waals surface area contributed by atoms with Gasteiger partial charge in [0.15, 0.2) is 11.6 Å². The molecule has 0 aliphatic heterocycles. The summed E-state index contributed by atoms with van der Waals surface area (Å²) in [5.41, 5.74) is 0.647. The summed E-state index contributed by atoms with van der Waals surface area (Å²) in [7, 11) is 0. The molecule has 1 aromatic carbocycles. The number of nitrogens with one attached hydrogen (secondary N) is 1. The molecule has 0 saturated heterocycles. The fraction of sp³-hybridized carbons (Fsp3) is 0.562. The Labute approximate surface area is 124 Å². The van der Waals surface area contributed by atoms with Crippen molar-refractivity contribution in [1.82, 2.24) is 10.2 Å². The number of halogens is 1. The van der Waals surface area contributed by atoms with E-state index in [0.717, 1.165) is 12.8 Å². The number of benzene rings is 1. The van der Waals surface area contributed by atoms with Crippen molar-refractivity contribution >= 4 is 6.03 Å². The average Bonchev–Trinajstić information content (AvgIpc) is 3.32. The van der Waals surface area contributed by atoms with Gasteiger partial charge in [-0.25, -0.2) is 9.18 Å². The quantitative estimate of drug-likeness (QED) is 0.876. The van der Waals surface area contributed by atoms with Crippen molar-refractivity contribution in [1.29, 1.82) is 0 Å². The molecule has 5 heteroatoms. The average molecular weight is 292 g/mol. The number of hydrogen-bond donors (Lipinski definition) is 2. The van der Waals surface area contributed by atoms with Crippen molar-refractivity contribution in [3.05, 3.63) is 29.6 Å². The first kappa shape index (κ1) is 14.2. The van der Waals surface area contributed by atoms with Crippen LogP contribution in [0.5, 0.6) is 5.75 Å². The molecule has 2 aliphatic rings. The van der Waals surface area contributed by atoms with Gasteiger partial charge >= 0.3 is 6.03 Å². The molecule has 4 nitrogen and oxygen atoms in total. The molecule has 0 aromatic heterocycles. The van der Waals surface area contributed by atoms with Crippen LogP contribution >= 0.6 is 0 Å². The minimum absolute atomic E-state index is 0.0645. The Morgan fingerprint density at radius 1 is 1.43 bits per heavy atom. The number of aromatic hydroxyl groups is 1. The molecule has 0 bridgehead atoms. The predicted molar refractivity (Wildman–Crippen MR) is 77.3 cm³/mol. The normalized spacial score (nSPS) is 19.1. The number of nitrogens with zero attached hydrogens (tertiary/aromatic N) is 1. The number of phenols is 1. The summed E-state index contributed by atoms with van der Waals surface area (Å²) in [4.78, 5) is 14.4. The second-order valence-corrected chi connectivity index (χ2v) is 6.16. The lowest BCUT2D eigenvalue weighted by atomic mass is 10.2. The fourth-order valence-corrected chi connectivity index (χ4v) is 2.77. The standard InChI is InChI=1S/C16H21FN2O2/c1-10(12-3-4-12)19(13-5-6-13)16(21)18-9-11-2-7-15(20)14(17)8-11/h2,7-8,10,12-13,20H,3-6,9H2,1H3,(H,18,21)/t10-/m1/s1. The zero-order valence-electron chi connectivity index (χ0n) is 12.2. The number of phenolic OH excluding ortho intramolecular Hbond substituents is 1. The smallest absolute Gasteiger partial charge is 0.318 e. The Morgan fingerprint density at radius 3 is 2.71 bits per heavy atom. The van der Waals surface area contributed by atoms with Crippen LogP contribution in [0.25, 0.3) is 0 Å². The van der Waals surface area contributed by atoms with Crippen molar-refractivity contribution in [2.24, 2.45) is 5.92 Å². The summed E-state index contributed by atoms with van der Waals surface area (Å²) < 4.78 is 13.3. The van der Waals surface area contributed by atoms with E-state index in [1.807, 2.05) is 4.90 Å². The zero-order chi connectivity index (χ0) is 15.0. The van der Waals surface area contributed by atoms with Crippen LogP contribution in [0.1, 0.15) is 38.2 Å². The van der Waals surface area contributed by atoms with Crippen LogP contribution in [-0.4, -0.2) is 28.1 Å². The van der Waals surface area contributed by atoms with Crippen LogP contribution in [0.4, 0.5) is 9.18 Å². The highest BCUT2D eigenvalue weighted by atomic mass is 19.1. The third-order valence-electron chi connectivity index (χ3n) is 4.37. The number of hydrogen-bond acceptors (Lipinski definition) is 2. The van der Waals surface area contributed by atoms with Gasteiger partial charge in [0, 0.05) is 18.6 Å². The lowest BCUT2D eigenvalue weighted by molar-refractivity contribution is 0.166. The number of carbonyl (C=O) groups excluding carboxylic acids is 1. The van der Waals surface area contributed by atoms with Gasteiger partial charge in [-0.15, -0.1) is 0 Å². The van der Waals surface area contributed by atoms with Gasteiger partial charge in [-0.1, -0.05) is 6.07 Å². The number of urea groups is 1. The molecule has 2 amide bonds. The molecule has 2 N–H and O–H groups in total. The molecular weight excluding hydrogens is 271 g/mol. The van der Waals surface area contributed by atoms with Gasteiger partial charge in [-0.2, -0.15) is 0 Å². The van der Waals surface area contributed by atoms with Crippen LogP contribution in [0.3, 0.4) is 0 Å². The summed E-state index contributed by atoms with van der Waals surface area (Å²) in [5, 5.41) is 12.0. The Bertz CT molecular complexity index is 541. The maximum absolute atomic E-state index is 13.3. The molecule has 0 radical (unpaired) electrons. The molecule has 2 fully saturated rings. The van der Waals surface area contributed by atoms with Crippen molar-refractivity contribution in [2.75, 3.05) is 0 Å². The SMILES string of the molecule is C[C@H](C1CC1)N(C(=O)NCc1ccc(O)c(F)c1)C1CC1. The number of rotatable bonds is 5. The van der Waals surface area contributed by atoms with E-state index in [1.165, 1.54) is 25.0 Å². The molecule has 1 atom stereocenters. The summed E-state index contributed by atoms with van der Waals surface area (Å²) in [6.45, 7) is 2.40. The molecule has 0 heterocycles. The first-order chi connectivity index (χ1) is 10.1. The molecule has 0 unspecified atom stereocenters. The van der Waals surface area contributed by atoms with E-state index in [0.29, 0.717) is 17.5 Å². The first-order valence-electron chi connectivity index (χ1n) is 7.60. The van der Waals surface area contributed by atoms with E-state index in [4.69, 9.17) is 5.11 Å². The van der Waals surface area contributed by atoms with Gasteiger partial charge < -0.3 is 15.3 Å². The van der Waals surface area contributed by atoms with Gasteiger partial charge in [0.05, 0.1) is 0 Å². The topological polar surface area (TPSA) is 52.6 Å². The second-order valence-electron chi connectivity index (χ2n) is 6.16. The molecular formula is C16H21FN2O2. The molecule has 3 rings (SSSR count). The Hall–Kier alpha value is -1.78. The van der Waals surface area contributed by atoms with Gasteiger partial charge in [0.25, 0.3) is 0 Å². The van der Waals surface area contributed by atoms with E-state index < -0.39 is 5.82 Å². The lowest BCUT2D eigenvalue weighted by Gasteiger charge is -2.29. The Balaban J connectivity index is 1.60. The highest BCUT2D eigenvalue weighted by Gasteiger charge is 2.41. The molecule has 114 valence electrons. The van der Waals surface area contributed by atoms with Crippen molar-refractivity contribution in [2.45, 2.75) is 51.2 Å². The maximum atomic E-state index is 13.3. The fourth-order valence-electron chi connectivity index (χ4n) is 2.77. The van der Waals surface area contributed by atoms with E-state index in [-0.39, 0.29) is 24.4 Å². The number of amides is 2. The molecule has 2 saturated carbocycles. The second kappa shape index (κ2) is 5.54. The monoisotopic (exact) mass is 292 g/mol.